The molecule has 2 rings (SSSR count). The number of fused-ring (bicyclic) bond motifs is 1. The lowest BCUT2D eigenvalue weighted by Gasteiger charge is -2.24. The minimum Gasteiger partial charge on any atom is -0.468 e. The molecule has 0 bridgehead atoms. The molecule has 0 saturated heterocycles. The Hall–Kier alpha value is -1.39. The van der Waals surface area contributed by atoms with Crippen LogP contribution in [-0.4, -0.2) is 12.5 Å². The minimum absolute atomic E-state index is 0.0139. The zero-order valence-corrected chi connectivity index (χ0v) is 7.08. The van der Waals surface area contributed by atoms with Gasteiger partial charge in [-0.05, 0) is 12.1 Å². The Morgan fingerprint density at radius 1 is 1.29 bits per heavy atom. The molecule has 75 valence electrons. The molecule has 1 atom stereocenters. The highest BCUT2D eigenvalue weighted by molar-refractivity contribution is 5.62. The number of halogens is 3. The van der Waals surface area contributed by atoms with Crippen molar-refractivity contribution < 1.29 is 17.9 Å². The van der Waals surface area contributed by atoms with E-state index in [9.17, 15) is 13.2 Å². The maximum atomic E-state index is 12.5. The Labute approximate surface area is 78.9 Å². The fraction of sp³-hybridized carbons (Fsp3) is 0.222. The first-order chi connectivity index (χ1) is 6.50. The lowest BCUT2D eigenvalue weighted by molar-refractivity contribution is -0.138. The molecule has 0 aromatic heterocycles. The quantitative estimate of drug-likeness (QED) is 0.599. The van der Waals surface area contributed by atoms with Gasteiger partial charge in [-0.1, -0.05) is 12.1 Å². The van der Waals surface area contributed by atoms with E-state index in [1.807, 2.05) is 0 Å². The fourth-order valence-electron chi connectivity index (χ4n) is 1.41. The van der Waals surface area contributed by atoms with Gasteiger partial charge in [0.2, 0.25) is 0 Å². The lowest BCUT2D eigenvalue weighted by atomic mass is 10.3. The number of hydrogen-bond donors (Lipinski definition) is 0. The van der Waals surface area contributed by atoms with Crippen molar-refractivity contribution in [3.8, 4) is 5.75 Å². The second kappa shape index (κ2) is 2.80. The van der Waals surface area contributed by atoms with Gasteiger partial charge in [-0.15, -0.1) is 13.2 Å². The molecule has 14 heavy (non-hydrogen) atoms. The zero-order chi connectivity index (χ0) is 10.3. The highest BCUT2D eigenvalue weighted by Crippen LogP contribution is 2.42. The van der Waals surface area contributed by atoms with Crippen molar-refractivity contribution in [2.24, 2.45) is 0 Å². The van der Waals surface area contributed by atoms with Crippen LogP contribution in [0.15, 0.2) is 24.3 Å². The molecule has 1 unspecified atom stereocenters. The van der Waals surface area contributed by atoms with E-state index in [-0.39, 0.29) is 16.3 Å². The summed E-state index contributed by atoms with van der Waals surface area (Å²) in [6, 6.07) is 5.98. The van der Waals surface area contributed by atoms with Gasteiger partial charge in [0.1, 0.15) is 5.75 Å². The van der Waals surface area contributed by atoms with Crippen molar-refractivity contribution in [2.75, 3.05) is 4.90 Å². The zero-order valence-electron chi connectivity index (χ0n) is 7.08. The molecule has 0 fully saturated rings. The lowest BCUT2D eigenvalue weighted by Crippen LogP contribution is -2.43. The molecular formula is C9H7F3NO. The van der Waals surface area contributed by atoms with Gasteiger partial charge in [-0.25, -0.2) is 4.90 Å². The Balaban J connectivity index is 2.45. The number of nitrogens with zero attached hydrogens (tertiary/aromatic N) is 1. The molecule has 5 heteroatoms. The molecular weight excluding hydrogens is 195 g/mol. The van der Waals surface area contributed by atoms with Crippen molar-refractivity contribution in [1.82, 2.24) is 0 Å². The Morgan fingerprint density at radius 2 is 1.93 bits per heavy atom. The number of para-hydroxylation sites is 2. The Bertz CT molecular complexity index is 350. The average Bonchev–Trinajstić information content (AvgIpc) is 2.38. The van der Waals surface area contributed by atoms with Gasteiger partial charge < -0.3 is 4.74 Å². The molecule has 1 aromatic rings. The monoisotopic (exact) mass is 202 g/mol. The van der Waals surface area contributed by atoms with Crippen LogP contribution in [0.2, 0.25) is 0 Å². The van der Waals surface area contributed by atoms with E-state index in [2.05, 4.69) is 6.92 Å². The van der Waals surface area contributed by atoms with Crippen molar-refractivity contribution in [3.63, 3.8) is 0 Å². The molecule has 0 spiro atoms. The van der Waals surface area contributed by atoms with Crippen LogP contribution < -0.4 is 9.64 Å². The highest BCUT2D eigenvalue weighted by atomic mass is 19.4. The molecule has 1 aromatic carbocycles. The van der Waals surface area contributed by atoms with Crippen molar-refractivity contribution in [2.45, 2.75) is 12.5 Å². The molecule has 0 aliphatic carbocycles. The van der Waals surface area contributed by atoms with Crippen molar-refractivity contribution >= 4 is 5.69 Å². The van der Waals surface area contributed by atoms with Gasteiger partial charge in [0.25, 0.3) is 0 Å². The summed E-state index contributed by atoms with van der Waals surface area (Å²) in [6.45, 7) is 3.28. The van der Waals surface area contributed by atoms with Crippen LogP contribution in [0, 0.1) is 6.92 Å². The summed E-state index contributed by atoms with van der Waals surface area (Å²) < 4.78 is 42.4. The Morgan fingerprint density at radius 3 is 2.57 bits per heavy atom. The van der Waals surface area contributed by atoms with Crippen LogP contribution in [0.3, 0.4) is 0 Å². The topological polar surface area (TPSA) is 12.5 Å². The van der Waals surface area contributed by atoms with Gasteiger partial charge in [0.05, 0.1) is 5.69 Å². The van der Waals surface area contributed by atoms with E-state index in [1.54, 1.807) is 6.07 Å². The molecule has 2 nitrogen and oxygen atoms in total. The smallest absolute Gasteiger partial charge is 0.468 e. The summed E-state index contributed by atoms with van der Waals surface area (Å²) in [6.07, 6.45) is -5.70. The molecule has 1 heterocycles. The van der Waals surface area contributed by atoms with Crippen molar-refractivity contribution in [1.29, 1.82) is 0 Å². The fourth-order valence-corrected chi connectivity index (χ4v) is 1.41. The van der Waals surface area contributed by atoms with Crippen LogP contribution in [-0.2, 0) is 0 Å². The molecule has 0 N–H and O–H groups in total. The largest absolute Gasteiger partial charge is 0.487 e. The summed E-state index contributed by atoms with van der Waals surface area (Å²) in [4.78, 5) is 0.197. The highest BCUT2D eigenvalue weighted by Gasteiger charge is 2.46. The summed E-state index contributed by atoms with van der Waals surface area (Å²) in [5, 5.41) is 0. The van der Waals surface area contributed by atoms with E-state index < -0.39 is 12.5 Å². The average molecular weight is 202 g/mol. The third-order valence-electron chi connectivity index (χ3n) is 1.95. The van der Waals surface area contributed by atoms with E-state index in [0.717, 1.165) is 0 Å². The van der Waals surface area contributed by atoms with Gasteiger partial charge in [-0.2, -0.15) is 0 Å². The molecule has 1 aliphatic rings. The van der Waals surface area contributed by atoms with E-state index in [1.165, 1.54) is 18.2 Å². The van der Waals surface area contributed by atoms with Crippen LogP contribution in [0.5, 0.6) is 5.75 Å². The van der Waals surface area contributed by atoms with Gasteiger partial charge in [0.15, 0.2) is 6.23 Å². The summed E-state index contributed by atoms with van der Waals surface area (Å²) in [5.74, 6) is 0.213. The van der Waals surface area contributed by atoms with Crippen LogP contribution in [0.25, 0.3) is 0 Å². The molecule has 0 amide bonds. The first-order valence-electron chi connectivity index (χ1n) is 3.95. The molecule has 1 aliphatic heterocycles. The maximum absolute atomic E-state index is 12.5. The first-order valence-corrected chi connectivity index (χ1v) is 3.95. The van der Waals surface area contributed by atoms with Gasteiger partial charge >= 0.3 is 6.30 Å². The number of anilines is 1. The minimum atomic E-state index is -4.46. The van der Waals surface area contributed by atoms with Crippen LogP contribution in [0.4, 0.5) is 18.9 Å². The number of benzene rings is 1. The second-order valence-corrected chi connectivity index (χ2v) is 2.88. The maximum Gasteiger partial charge on any atom is 0.487 e. The molecule has 1 radical (unpaired) electrons. The predicted molar refractivity (Wildman–Crippen MR) is 44.7 cm³/mol. The molecule has 0 saturated carbocycles. The second-order valence-electron chi connectivity index (χ2n) is 2.88. The van der Waals surface area contributed by atoms with Gasteiger partial charge in [-0.3, -0.25) is 0 Å². The summed E-state index contributed by atoms with van der Waals surface area (Å²) >= 11 is 0. The number of rotatable bonds is 0. The standard InChI is InChI=1S/C9H7F3NO/c1-6-13(9(10,11)12)7-4-2-3-5-8(7)14-6/h2-6H,1H2. The van der Waals surface area contributed by atoms with E-state index in [4.69, 9.17) is 4.74 Å². The van der Waals surface area contributed by atoms with Crippen molar-refractivity contribution in [3.05, 3.63) is 31.2 Å². The summed E-state index contributed by atoms with van der Waals surface area (Å²) in [7, 11) is 0. The third kappa shape index (κ3) is 1.29. The Kier molecular flexibility index (Phi) is 1.83. The number of hydrogen-bond acceptors (Lipinski definition) is 2. The van der Waals surface area contributed by atoms with E-state index in [0.29, 0.717) is 0 Å². The number of alkyl halides is 3. The summed E-state index contributed by atoms with van der Waals surface area (Å²) in [5.41, 5.74) is 0.0139. The third-order valence-corrected chi connectivity index (χ3v) is 1.95. The first kappa shape index (κ1) is 9.18. The number of ether oxygens (including phenoxy) is 1. The van der Waals surface area contributed by atoms with Gasteiger partial charge in [0, 0.05) is 6.92 Å². The normalized spacial score (nSPS) is 20.6. The SMILES string of the molecule is [CH2]C1Oc2ccccc2N1C(F)(F)F. The van der Waals surface area contributed by atoms with Crippen LogP contribution in [0.1, 0.15) is 0 Å². The van der Waals surface area contributed by atoms with E-state index >= 15 is 0 Å². The van der Waals surface area contributed by atoms with Crippen LogP contribution >= 0.6 is 0 Å². The predicted octanol–water partition coefficient (Wildman–Crippen LogP) is 2.57.